The van der Waals surface area contributed by atoms with E-state index in [1.165, 1.54) is 36.4 Å². The van der Waals surface area contributed by atoms with Gasteiger partial charge in [0.15, 0.2) is 0 Å². The summed E-state index contributed by atoms with van der Waals surface area (Å²) >= 11 is 0. The van der Waals surface area contributed by atoms with Crippen LogP contribution < -0.4 is 10.6 Å². The number of phenols is 2. The summed E-state index contributed by atoms with van der Waals surface area (Å²) in [5.74, 6) is -2.76. The van der Waals surface area contributed by atoms with Gasteiger partial charge in [0.1, 0.15) is 11.5 Å². The van der Waals surface area contributed by atoms with Crippen molar-refractivity contribution >= 4 is 114 Å². The van der Waals surface area contributed by atoms with Crippen molar-refractivity contribution in [1.82, 2.24) is 0 Å². The quantitative estimate of drug-likeness (QED) is 0.0512. The number of hydrogen-bond acceptors (Lipinski definition) is 10. The Morgan fingerprint density at radius 1 is 0.560 bits per heavy atom. The second-order valence-electron chi connectivity index (χ2n) is 11.5. The van der Waals surface area contributed by atoms with Crippen LogP contribution >= 0.6 is 0 Å². The predicted octanol–water partition coefficient (Wildman–Crippen LogP) is 5.78. The number of fused-ring (bicyclic) bond motifs is 2. The number of aryl methyl sites for hydroxylation is 2. The minimum absolute atomic E-state index is 0. The van der Waals surface area contributed by atoms with Gasteiger partial charge in [0.25, 0.3) is 20.2 Å². The summed E-state index contributed by atoms with van der Waals surface area (Å²) in [6, 6.07) is 13.6. The fourth-order valence-electron chi connectivity index (χ4n) is 5.78. The Morgan fingerprint density at radius 3 is 1.24 bits per heavy atom. The van der Waals surface area contributed by atoms with Crippen LogP contribution in [0.25, 0.3) is 0 Å². The summed E-state index contributed by atoms with van der Waals surface area (Å²) in [5, 5.41) is 27.1. The summed E-state index contributed by atoms with van der Waals surface area (Å²) in [4.78, 5) is 27.4. The molecular formula is C34H34N2Na2O10S2. The second kappa shape index (κ2) is 16.7. The molecule has 0 fully saturated rings. The van der Waals surface area contributed by atoms with Gasteiger partial charge in [-0.3, -0.25) is 18.7 Å². The number of aromatic hydroxyl groups is 2. The molecule has 0 amide bonds. The second-order valence-corrected chi connectivity index (χ2v) is 14.3. The van der Waals surface area contributed by atoms with Crippen LogP contribution in [0, 0.1) is 0 Å². The van der Waals surface area contributed by atoms with E-state index in [0.717, 1.165) is 25.0 Å². The first-order valence-corrected chi connectivity index (χ1v) is 18.1. The zero-order valence-corrected chi connectivity index (χ0v) is 33.7. The van der Waals surface area contributed by atoms with Crippen molar-refractivity contribution in [3.8, 4) is 11.5 Å². The molecule has 1 aliphatic carbocycles. The van der Waals surface area contributed by atoms with Gasteiger partial charge in [-0.25, -0.2) is 0 Å². The zero-order chi connectivity index (χ0) is 35.0. The van der Waals surface area contributed by atoms with E-state index in [2.05, 4.69) is 10.6 Å². The number of rotatable bonds is 12. The largest absolute Gasteiger partial charge is 0.507 e. The van der Waals surface area contributed by atoms with Gasteiger partial charge in [-0.05, 0) is 85.3 Å². The van der Waals surface area contributed by atoms with E-state index in [9.17, 15) is 45.7 Å². The minimum atomic E-state index is -4.62. The average Bonchev–Trinajstić information content (AvgIpc) is 3.03. The molecule has 0 saturated carbocycles. The van der Waals surface area contributed by atoms with Gasteiger partial charge < -0.3 is 20.8 Å². The number of carbonyl (C=O) groups excluding carboxylic acids is 2. The molecule has 0 aromatic heterocycles. The van der Waals surface area contributed by atoms with Crippen LogP contribution in [0.3, 0.4) is 0 Å². The first kappa shape index (κ1) is 41.7. The number of anilines is 4. The molecule has 0 atom stereocenters. The molecular weight excluding hydrogens is 706 g/mol. The molecule has 0 saturated heterocycles. The first-order valence-electron chi connectivity index (χ1n) is 15.2. The molecule has 0 spiro atoms. The number of hydrogen-bond donors (Lipinski definition) is 6. The van der Waals surface area contributed by atoms with Crippen molar-refractivity contribution < 1.29 is 45.7 Å². The summed E-state index contributed by atoms with van der Waals surface area (Å²) in [6.45, 7) is 3.88. The Hall–Kier alpha value is -2.76. The van der Waals surface area contributed by atoms with Gasteiger partial charge in [0.05, 0.1) is 43.4 Å². The SMILES string of the molecule is CCCCc1ccc(Nc2ccc(Nc3ccc(CCCC)c(S(=O)(=O)O)c3)c3c2C(=O)c2c(O)ccc(O)c2C3=O)cc1S(=O)(=O)O.[Na].[Na]. The van der Waals surface area contributed by atoms with Crippen molar-refractivity contribution in [2.45, 2.75) is 62.2 Å². The number of benzene rings is 4. The van der Waals surface area contributed by atoms with Gasteiger partial charge in [0, 0.05) is 70.5 Å². The van der Waals surface area contributed by atoms with Crippen LogP contribution in [0.2, 0.25) is 0 Å². The van der Waals surface area contributed by atoms with Crippen LogP contribution in [-0.2, 0) is 33.1 Å². The van der Waals surface area contributed by atoms with Crippen LogP contribution in [0.4, 0.5) is 22.7 Å². The molecule has 0 aliphatic heterocycles. The molecule has 12 nitrogen and oxygen atoms in total. The summed E-state index contributed by atoms with van der Waals surface area (Å²) in [7, 11) is -9.24. The normalized spacial score (nSPS) is 12.3. The molecule has 254 valence electrons. The number of unbranched alkanes of at least 4 members (excludes halogenated alkanes) is 2. The summed E-state index contributed by atoms with van der Waals surface area (Å²) < 4.78 is 68.9. The Labute approximate surface area is 334 Å². The minimum Gasteiger partial charge on any atom is -0.507 e. The summed E-state index contributed by atoms with van der Waals surface area (Å²) in [5.41, 5.74) is -0.112. The van der Waals surface area contributed by atoms with Crippen LogP contribution in [0.15, 0.2) is 70.5 Å². The van der Waals surface area contributed by atoms with Crippen molar-refractivity contribution in [2.24, 2.45) is 0 Å². The molecule has 1 aliphatic rings. The smallest absolute Gasteiger partial charge is 0.294 e. The standard InChI is InChI=1S/C34H34N2O10S2.2Na/c1-3-5-7-19-9-11-21(17-27(19)47(41,42)43)35-23-13-14-24(36-22-12-10-20(8-6-4-2)28(18-22)48(44,45)46)30-29(23)33(39)31-25(37)15-16-26(38)32(31)34(30)40;;/h9-18,35-38H,3-8H2,1-2H3,(H,41,42,43)(H,44,45,46);;. The molecule has 0 heterocycles. The van der Waals surface area contributed by atoms with Gasteiger partial charge in [-0.2, -0.15) is 16.8 Å². The van der Waals surface area contributed by atoms with Crippen LogP contribution in [-0.4, -0.2) is 107 Å². The molecule has 6 N–H and O–H groups in total. The topological polar surface area (TPSA) is 207 Å². The summed E-state index contributed by atoms with van der Waals surface area (Å²) in [6.07, 6.45) is 3.73. The molecule has 50 heavy (non-hydrogen) atoms. The zero-order valence-electron chi connectivity index (χ0n) is 28.1. The van der Waals surface area contributed by atoms with Gasteiger partial charge >= 0.3 is 0 Å². The Bertz CT molecular complexity index is 2040. The third kappa shape index (κ3) is 8.64. The monoisotopic (exact) mass is 740 g/mol. The van der Waals surface area contributed by atoms with Crippen LogP contribution in [0.1, 0.15) is 82.5 Å². The average molecular weight is 741 g/mol. The third-order valence-corrected chi connectivity index (χ3v) is 9.99. The Balaban J connectivity index is 0.00000338. The fourth-order valence-corrected chi connectivity index (χ4v) is 7.33. The molecule has 2 radical (unpaired) electrons. The fraction of sp³-hybridized carbons (Fsp3) is 0.235. The van der Waals surface area contributed by atoms with Crippen molar-refractivity contribution in [3.63, 3.8) is 0 Å². The van der Waals surface area contributed by atoms with E-state index in [4.69, 9.17) is 0 Å². The molecule has 4 aromatic carbocycles. The Morgan fingerprint density at radius 2 is 0.920 bits per heavy atom. The van der Waals surface area contributed by atoms with E-state index < -0.39 is 54.4 Å². The van der Waals surface area contributed by atoms with Gasteiger partial charge in [0.2, 0.25) is 11.6 Å². The van der Waals surface area contributed by atoms with Gasteiger partial charge in [-0.1, -0.05) is 38.8 Å². The number of nitrogens with one attached hydrogen (secondary N) is 2. The predicted molar refractivity (Wildman–Crippen MR) is 191 cm³/mol. The van der Waals surface area contributed by atoms with E-state index >= 15 is 0 Å². The molecule has 0 unspecified atom stereocenters. The van der Waals surface area contributed by atoms with Crippen LogP contribution in [0.5, 0.6) is 11.5 Å². The van der Waals surface area contributed by atoms with Crippen molar-refractivity contribution in [3.05, 3.63) is 94.0 Å². The maximum absolute atomic E-state index is 14.0. The maximum Gasteiger partial charge on any atom is 0.294 e. The van der Waals surface area contributed by atoms with E-state index in [-0.39, 0.29) is 103 Å². The van der Waals surface area contributed by atoms with Crippen molar-refractivity contribution in [2.75, 3.05) is 10.6 Å². The van der Waals surface area contributed by atoms with E-state index in [1.807, 2.05) is 13.8 Å². The molecule has 0 bridgehead atoms. The Kier molecular flexibility index (Phi) is 13.9. The van der Waals surface area contributed by atoms with Gasteiger partial charge in [-0.15, -0.1) is 0 Å². The molecule has 5 rings (SSSR count). The maximum atomic E-state index is 14.0. The van der Waals surface area contributed by atoms with Crippen molar-refractivity contribution in [1.29, 1.82) is 0 Å². The first-order chi connectivity index (χ1) is 22.6. The number of carbonyl (C=O) groups is 2. The van der Waals surface area contributed by atoms with E-state index in [0.29, 0.717) is 36.8 Å². The molecule has 4 aromatic rings. The molecule has 16 heteroatoms. The third-order valence-electron chi connectivity index (χ3n) is 8.12. The van der Waals surface area contributed by atoms with E-state index in [1.54, 1.807) is 12.1 Å². The number of phenolic OH excluding ortho intramolecular Hbond substituents is 2. The number of ketones is 2.